The Labute approximate surface area is 131 Å². The van der Waals surface area contributed by atoms with Gasteiger partial charge in [0.05, 0.1) is 6.10 Å². The molecule has 0 bridgehead atoms. The van der Waals surface area contributed by atoms with Crippen molar-refractivity contribution in [3.05, 3.63) is 35.4 Å². The van der Waals surface area contributed by atoms with Gasteiger partial charge in [0.2, 0.25) is 0 Å². The number of nitrogens with one attached hydrogen (secondary N) is 2. The zero-order valence-corrected chi connectivity index (χ0v) is 13.2. The summed E-state index contributed by atoms with van der Waals surface area (Å²) in [4.78, 5) is 24.2. The van der Waals surface area contributed by atoms with Gasteiger partial charge >= 0.3 is 0 Å². The Kier molecular flexibility index (Phi) is 5.95. The van der Waals surface area contributed by atoms with E-state index >= 15 is 0 Å². The van der Waals surface area contributed by atoms with E-state index in [9.17, 15) is 9.59 Å². The zero-order valence-electron chi connectivity index (χ0n) is 13.2. The highest BCUT2D eigenvalue weighted by atomic mass is 16.5. The van der Waals surface area contributed by atoms with E-state index in [1.165, 1.54) is 0 Å². The fourth-order valence-electron chi connectivity index (χ4n) is 2.31. The summed E-state index contributed by atoms with van der Waals surface area (Å²) in [6.07, 6.45) is 2.14. The summed E-state index contributed by atoms with van der Waals surface area (Å²) in [6.45, 7) is 5.98. The molecule has 2 rings (SSSR count). The van der Waals surface area contributed by atoms with Gasteiger partial charge in [-0.2, -0.15) is 0 Å². The topological polar surface area (TPSA) is 67.4 Å². The Bertz CT molecular complexity index is 522. The number of hydrogen-bond acceptors (Lipinski definition) is 3. The van der Waals surface area contributed by atoms with Gasteiger partial charge in [0.15, 0.2) is 0 Å². The molecule has 120 valence electrons. The molecule has 22 heavy (non-hydrogen) atoms. The lowest BCUT2D eigenvalue weighted by Gasteiger charge is -2.11. The van der Waals surface area contributed by atoms with E-state index < -0.39 is 0 Å². The number of benzene rings is 1. The maximum Gasteiger partial charge on any atom is 0.251 e. The summed E-state index contributed by atoms with van der Waals surface area (Å²) in [7, 11) is 0. The minimum absolute atomic E-state index is 0.112. The Hall–Kier alpha value is -1.88. The van der Waals surface area contributed by atoms with Gasteiger partial charge < -0.3 is 15.4 Å². The quantitative estimate of drug-likeness (QED) is 0.844. The lowest BCUT2D eigenvalue weighted by Crippen LogP contribution is -2.32. The monoisotopic (exact) mass is 304 g/mol. The third kappa shape index (κ3) is 4.84. The van der Waals surface area contributed by atoms with Crippen molar-refractivity contribution in [3.8, 4) is 0 Å². The molecule has 1 atom stereocenters. The molecule has 1 aliphatic heterocycles. The zero-order chi connectivity index (χ0) is 15.9. The molecule has 0 aliphatic carbocycles. The van der Waals surface area contributed by atoms with E-state index in [0.29, 0.717) is 30.1 Å². The van der Waals surface area contributed by atoms with Crippen LogP contribution in [0.4, 0.5) is 0 Å². The lowest BCUT2D eigenvalue weighted by atomic mass is 10.1. The third-order valence-corrected chi connectivity index (χ3v) is 3.57. The van der Waals surface area contributed by atoms with Crippen molar-refractivity contribution in [1.29, 1.82) is 0 Å². The molecule has 1 aromatic rings. The summed E-state index contributed by atoms with van der Waals surface area (Å²) >= 11 is 0. The van der Waals surface area contributed by atoms with Crippen LogP contribution in [0, 0.1) is 5.92 Å². The van der Waals surface area contributed by atoms with E-state index in [0.717, 1.165) is 19.4 Å². The summed E-state index contributed by atoms with van der Waals surface area (Å²) < 4.78 is 5.48. The molecule has 0 radical (unpaired) electrons. The van der Waals surface area contributed by atoms with Crippen LogP contribution in [0.5, 0.6) is 0 Å². The van der Waals surface area contributed by atoms with Crippen molar-refractivity contribution < 1.29 is 14.3 Å². The summed E-state index contributed by atoms with van der Waals surface area (Å²) in [5, 5.41) is 5.71. The van der Waals surface area contributed by atoms with Gasteiger partial charge in [0.1, 0.15) is 0 Å². The van der Waals surface area contributed by atoms with Crippen molar-refractivity contribution >= 4 is 11.8 Å². The number of rotatable bonds is 6. The Morgan fingerprint density at radius 1 is 1.23 bits per heavy atom. The van der Waals surface area contributed by atoms with Gasteiger partial charge in [-0.3, -0.25) is 9.59 Å². The van der Waals surface area contributed by atoms with Gasteiger partial charge in [-0.1, -0.05) is 19.9 Å². The molecule has 1 unspecified atom stereocenters. The van der Waals surface area contributed by atoms with Crippen molar-refractivity contribution in [2.75, 3.05) is 19.7 Å². The largest absolute Gasteiger partial charge is 0.376 e. The van der Waals surface area contributed by atoms with Crippen LogP contribution in [0.1, 0.15) is 47.4 Å². The summed E-state index contributed by atoms with van der Waals surface area (Å²) in [5.41, 5.74) is 1.00. The van der Waals surface area contributed by atoms with Crippen LogP contribution in [-0.4, -0.2) is 37.6 Å². The number of ether oxygens (including phenoxy) is 1. The second kappa shape index (κ2) is 7.94. The molecule has 1 heterocycles. The van der Waals surface area contributed by atoms with E-state index in [1.807, 2.05) is 13.8 Å². The highest BCUT2D eigenvalue weighted by Gasteiger charge is 2.17. The van der Waals surface area contributed by atoms with Crippen LogP contribution in [0.15, 0.2) is 24.3 Å². The van der Waals surface area contributed by atoms with Crippen LogP contribution in [0.2, 0.25) is 0 Å². The van der Waals surface area contributed by atoms with Crippen LogP contribution in [-0.2, 0) is 4.74 Å². The summed E-state index contributed by atoms with van der Waals surface area (Å²) in [6, 6.07) is 6.78. The maximum atomic E-state index is 12.1. The van der Waals surface area contributed by atoms with Crippen LogP contribution in [0.3, 0.4) is 0 Å². The molecular formula is C17H24N2O3. The fourth-order valence-corrected chi connectivity index (χ4v) is 2.31. The molecule has 0 saturated carbocycles. The molecule has 1 saturated heterocycles. The standard InChI is InChI=1S/C17H24N2O3/c1-12(2)10-18-16(20)13-5-3-6-14(9-13)17(21)19-11-15-7-4-8-22-15/h3,5-6,9,12,15H,4,7-8,10-11H2,1-2H3,(H,18,20)(H,19,21). The third-order valence-electron chi connectivity index (χ3n) is 3.57. The van der Waals surface area contributed by atoms with E-state index in [4.69, 9.17) is 4.74 Å². The lowest BCUT2D eigenvalue weighted by molar-refractivity contribution is 0.0857. The minimum Gasteiger partial charge on any atom is -0.376 e. The molecule has 1 aliphatic rings. The molecule has 5 nitrogen and oxygen atoms in total. The van der Waals surface area contributed by atoms with Crippen molar-refractivity contribution in [2.24, 2.45) is 5.92 Å². The number of hydrogen-bond donors (Lipinski definition) is 2. The number of carbonyl (C=O) groups excluding carboxylic acids is 2. The van der Waals surface area contributed by atoms with Gasteiger partial charge in [0.25, 0.3) is 11.8 Å². The molecule has 1 aromatic carbocycles. The van der Waals surface area contributed by atoms with E-state index in [2.05, 4.69) is 10.6 Å². The minimum atomic E-state index is -0.172. The smallest absolute Gasteiger partial charge is 0.251 e. The molecule has 0 aromatic heterocycles. The second-order valence-corrected chi connectivity index (χ2v) is 6.03. The first-order valence-corrected chi connectivity index (χ1v) is 7.84. The van der Waals surface area contributed by atoms with Gasteiger partial charge in [0, 0.05) is 30.8 Å². The number of carbonyl (C=O) groups is 2. The summed E-state index contributed by atoms with van der Waals surface area (Å²) in [5.74, 6) is 0.0679. The van der Waals surface area contributed by atoms with Crippen molar-refractivity contribution in [1.82, 2.24) is 10.6 Å². The molecule has 2 amide bonds. The Balaban J connectivity index is 1.91. The van der Waals surface area contributed by atoms with Crippen LogP contribution >= 0.6 is 0 Å². The van der Waals surface area contributed by atoms with Gasteiger partial charge in [-0.25, -0.2) is 0 Å². The highest BCUT2D eigenvalue weighted by Crippen LogP contribution is 2.11. The molecule has 5 heteroatoms. The first-order valence-electron chi connectivity index (χ1n) is 7.84. The first kappa shape index (κ1) is 16.5. The predicted octanol–water partition coefficient (Wildman–Crippen LogP) is 1.98. The van der Waals surface area contributed by atoms with E-state index in [-0.39, 0.29) is 17.9 Å². The fraction of sp³-hybridized carbons (Fsp3) is 0.529. The van der Waals surface area contributed by atoms with Gasteiger partial charge in [-0.05, 0) is 37.0 Å². The Morgan fingerprint density at radius 3 is 2.50 bits per heavy atom. The van der Waals surface area contributed by atoms with Gasteiger partial charge in [-0.15, -0.1) is 0 Å². The molecule has 1 fully saturated rings. The molecule has 2 N–H and O–H groups in total. The first-order chi connectivity index (χ1) is 10.6. The van der Waals surface area contributed by atoms with Crippen LogP contribution in [0.25, 0.3) is 0 Å². The highest BCUT2D eigenvalue weighted by molar-refractivity contribution is 5.99. The normalized spacial score (nSPS) is 17.5. The van der Waals surface area contributed by atoms with Crippen molar-refractivity contribution in [2.45, 2.75) is 32.8 Å². The van der Waals surface area contributed by atoms with Crippen molar-refractivity contribution in [3.63, 3.8) is 0 Å². The second-order valence-electron chi connectivity index (χ2n) is 6.03. The number of amides is 2. The maximum absolute atomic E-state index is 12.1. The average Bonchev–Trinajstić information content (AvgIpc) is 3.03. The molecule has 0 spiro atoms. The average molecular weight is 304 g/mol. The Morgan fingerprint density at radius 2 is 1.91 bits per heavy atom. The van der Waals surface area contributed by atoms with E-state index in [1.54, 1.807) is 24.3 Å². The molecular weight excluding hydrogens is 280 g/mol. The van der Waals surface area contributed by atoms with Crippen LogP contribution < -0.4 is 10.6 Å². The predicted molar refractivity (Wildman–Crippen MR) is 84.9 cm³/mol. The SMILES string of the molecule is CC(C)CNC(=O)c1cccc(C(=O)NCC2CCCO2)c1.